The minimum atomic E-state index is 0.0538. The summed E-state index contributed by atoms with van der Waals surface area (Å²) in [6.45, 7) is 0. The molecule has 0 aromatic heterocycles. The van der Waals surface area contributed by atoms with E-state index in [1.807, 2.05) is 6.08 Å². The molecule has 2 N–H and O–H groups in total. The molecule has 0 unspecified atom stereocenters. The number of nitrogens with one attached hydrogen (secondary N) is 2. The van der Waals surface area contributed by atoms with Crippen LogP contribution in [0.3, 0.4) is 0 Å². The molecule has 2 amide bonds. The first-order valence-electron chi connectivity index (χ1n) is 10.0. The summed E-state index contributed by atoms with van der Waals surface area (Å²) in [5, 5.41) is 6.42. The van der Waals surface area contributed by atoms with E-state index >= 15 is 0 Å². The van der Waals surface area contributed by atoms with Gasteiger partial charge in [0.25, 0.3) is 0 Å². The molecule has 4 heteroatoms. The summed E-state index contributed by atoms with van der Waals surface area (Å²) in [6.07, 6.45) is 16.3. The first-order valence-corrected chi connectivity index (χ1v) is 10.0. The van der Waals surface area contributed by atoms with Crippen LogP contribution >= 0.6 is 0 Å². The summed E-state index contributed by atoms with van der Waals surface area (Å²) >= 11 is 0. The molecule has 0 radical (unpaired) electrons. The fourth-order valence-electron chi connectivity index (χ4n) is 4.37. The fraction of sp³-hybridized carbons (Fsp3) is 0.800. The lowest BCUT2D eigenvalue weighted by molar-refractivity contribution is -0.126. The fourth-order valence-corrected chi connectivity index (χ4v) is 4.37. The van der Waals surface area contributed by atoms with Crippen molar-refractivity contribution < 1.29 is 9.59 Å². The van der Waals surface area contributed by atoms with Crippen LogP contribution < -0.4 is 10.6 Å². The van der Waals surface area contributed by atoms with Crippen LogP contribution in [-0.2, 0) is 9.59 Å². The molecule has 2 fully saturated rings. The average molecular weight is 332 g/mol. The normalized spacial score (nSPS) is 26.5. The molecule has 3 aliphatic carbocycles. The number of hydrogen-bond donors (Lipinski definition) is 2. The van der Waals surface area contributed by atoms with Gasteiger partial charge in [0, 0.05) is 23.6 Å². The van der Waals surface area contributed by atoms with E-state index in [0.29, 0.717) is 18.5 Å². The molecule has 134 valence electrons. The van der Waals surface area contributed by atoms with Gasteiger partial charge in [0.2, 0.25) is 11.8 Å². The second-order valence-corrected chi connectivity index (χ2v) is 7.85. The summed E-state index contributed by atoms with van der Waals surface area (Å²) in [5.74, 6) is 0.357. The predicted molar refractivity (Wildman–Crippen MR) is 95.5 cm³/mol. The van der Waals surface area contributed by atoms with E-state index in [1.165, 1.54) is 38.5 Å². The average Bonchev–Trinajstić information content (AvgIpc) is 2.63. The Bertz CT molecular complexity index is 474. The van der Waals surface area contributed by atoms with Gasteiger partial charge < -0.3 is 10.6 Å². The molecule has 0 aromatic carbocycles. The molecule has 3 rings (SSSR count). The number of carbonyl (C=O) groups is 2. The van der Waals surface area contributed by atoms with Crippen LogP contribution in [0.1, 0.15) is 83.5 Å². The van der Waals surface area contributed by atoms with Gasteiger partial charge in [-0.2, -0.15) is 0 Å². The van der Waals surface area contributed by atoms with Gasteiger partial charge >= 0.3 is 0 Å². The predicted octanol–water partition coefficient (Wildman–Crippen LogP) is 3.61. The smallest absolute Gasteiger partial charge is 0.247 e. The molecule has 0 aromatic rings. The summed E-state index contributed by atoms with van der Waals surface area (Å²) in [4.78, 5) is 24.8. The monoisotopic (exact) mass is 332 g/mol. The SMILES string of the molecule is O=C(NC1CCCCC1)C1=CC[C@@H](C(=O)NC2CCCCC2)CC1. The molecule has 1 atom stereocenters. The van der Waals surface area contributed by atoms with E-state index < -0.39 is 0 Å². The summed E-state index contributed by atoms with van der Waals surface area (Å²) in [7, 11) is 0. The Morgan fingerprint density at radius 3 is 1.92 bits per heavy atom. The van der Waals surface area contributed by atoms with Crippen LogP contribution in [0.15, 0.2) is 11.6 Å². The van der Waals surface area contributed by atoms with Gasteiger partial charge in [0.15, 0.2) is 0 Å². The minimum absolute atomic E-state index is 0.0538. The van der Waals surface area contributed by atoms with Crippen molar-refractivity contribution >= 4 is 11.8 Å². The van der Waals surface area contributed by atoms with E-state index in [1.54, 1.807) is 0 Å². The maximum atomic E-state index is 12.4. The largest absolute Gasteiger partial charge is 0.353 e. The topological polar surface area (TPSA) is 58.2 Å². The number of allylic oxidation sites excluding steroid dienone is 1. The zero-order valence-corrected chi connectivity index (χ0v) is 14.8. The molecule has 0 heterocycles. The molecule has 2 saturated carbocycles. The highest BCUT2D eigenvalue weighted by Gasteiger charge is 2.27. The molecule has 0 spiro atoms. The van der Waals surface area contributed by atoms with E-state index in [2.05, 4.69) is 10.6 Å². The van der Waals surface area contributed by atoms with E-state index in [4.69, 9.17) is 0 Å². The zero-order chi connectivity index (χ0) is 16.8. The first kappa shape index (κ1) is 17.5. The molecular formula is C20H32N2O2. The van der Waals surface area contributed by atoms with Crippen molar-refractivity contribution in [3.63, 3.8) is 0 Å². The van der Waals surface area contributed by atoms with Gasteiger partial charge in [-0.25, -0.2) is 0 Å². The number of rotatable bonds is 4. The number of carbonyl (C=O) groups excluding carboxylic acids is 2. The lowest BCUT2D eigenvalue weighted by Crippen LogP contribution is -2.41. The summed E-state index contributed by atoms with van der Waals surface area (Å²) in [6, 6.07) is 0.741. The maximum absolute atomic E-state index is 12.4. The second kappa shape index (κ2) is 8.68. The summed E-state index contributed by atoms with van der Waals surface area (Å²) < 4.78 is 0. The summed E-state index contributed by atoms with van der Waals surface area (Å²) in [5.41, 5.74) is 0.891. The number of hydrogen-bond acceptors (Lipinski definition) is 2. The van der Waals surface area contributed by atoms with E-state index in [0.717, 1.165) is 44.1 Å². The standard InChI is InChI=1S/C20H32N2O2/c23-19(21-17-7-3-1-4-8-17)15-11-13-16(14-12-15)20(24)22-18-9-5-2-6-10-18/h11,16-18H,1-10,12-14H2,(H,21,23)(H,22,24)/t16-/m1/s1. The highest BCUT2D eigenvalue weighted by Crippen LogP contribution is 2.26. The Morgan fingerprint density at radius 2 is 1.38 bits per heavy atom. The van der Waals surface area contributed by atoms with Crippen molar-refractivity contribution in [2.45, 2.75) is 95.6 Å². The Balaban J connectivity index is 1.44. The minimum Gasteiger partial charge on any atom is -0.353 e. The van der Waals surface area contributed by atoms with E-state index in [9.17, 15) is 9.59 Å². The van der Waals surface area contributed by atoms with Crippen molar-refractivity contribution in [1.82, 2.24) is 10.6 Å². The van der Waals surface area contributed by atoms with Crippen LogP contribution in [0.2, 0.25) is 0 Å². The third-order valence-electron chi connectivity index (χ3n) is 5.97. The third-order valence-corrected chi connectivity index (χ3v) is 5.97. The third kappa shape index (κ3) is 4.84. The van der Waals surface area contributed by atoms with Gasteiger partial charge in [0.05, 0.1) is 0 Å². The molecule has 0 saturated heterocycles. The zero-order valence-electron chi connectivity index (χ0n) is 14.8. The van der Waals surface area contributed by atoms with Gasteiger partial charge in [-0.3, -0.25) is 9.59 Å². The lowest BCUT2D eigenvalue weighted by Gasteiger charge is -2.28. The van der Waals surface area contributed by atoms with Crippen molar-refractivity contribution in [2.24, 2.45) is 5.92 Å². The maximum Gasteiger partial charge on any atom is 0.247 e. The molecule has 0 bridgehead atoms. The van der Waals surface area contributed by atoms with Crippen LogP contribution in [0, 0.1) is 5.92 Å². The van der Waals surface area contributed by atoms with E-state index in [-0.39, 0.29) is 17.7 Å². The molecule has 4 nitrogen and oxygen atoms in total. The quantitative estimate of drug-likeness (QED) is 0.826. The van der Waals surface area contributed by atoms with Crippen molar-refractivity contribution in [1.29, 1.82) is 0 Å². The van der Waals surface area contributed by atoms with Crippen LogP contribution in [-0.4, -0.2) is 23.9 Å². The van der Waals surface area contributed by atoms with Crippen LogP contribution in [0.25, 0.3) is 0 Å². The second-order valence-electron chi connectivity index (χ2n) is 7.85. The Hall–Kier alpha value is -1.32. The Kier molecular flexibility index (Phi) is 6.33. The molecule has 24 heavy (non-hydrogen) atoms. The highest BCUT2D eigenvalue weighted by atomic mass is 16.2. The van der Waals surface area contributed by atoms with Crippen molar-refractivity contribution in [2.75, 3.05) is 0 Å². The van der Waals surface area contributed by atoms with Crippen LogP contribution in [0.4, 0.5) is 0 Å². The molecular weight excluding hydrogens is 300 g/mol. The first-order chi connectivity index (χ1) is 11.7. The Labute approximate surface area is 145 Å². The van der Waals surface area contributed by atoms with Gasteiger partial charge in [-0.15, -0.1) is 0 Å². The number of amides is 2. The van der Waals surface area contributed by atoms with Crippen molar-refractivity contribution in [3.8, 4) is 0 Å². The van der Waals surface area contributed by atoms with Crippen molar-refractivity contribution in [3.05, 3.63) is 11.6 Å². The van der Waals surface area contributed by atoms with Crippen LogP contribution in [0.5, 0.6) is 0 Å². The van der Waals surface area contributed by atoms with Gasteiger partial charge in [-0.05, 0) is 44.9 Å². The molecule has 0 aliphatic heterocycles. The lowest BCUT2D eigenvalue weighted by atomic mass is 9.87. The van der Waals surface area contributed by atoms with Gasteiger partial charge in [-0.1, -0.05) is 44.6 Å². The van der Waals surface area contributed by atoms with Gasteiger partial charge in [0.1, 0.15) is 0 Å². The highest BCUT2D eigenvalue weighted by molar-refractivity contribution is 5.94. The Morgan fingerprint density at radius 1 is 0.792 bits per heavy atom. The molecule has 3 aliphatic rings.